The number of carbonyl (C=O) groups is 1. The minimum absolute atomic E-state index is 0.129. The second-order valence-corrected chi connectivity index (χ2v) is 5.86. The maximum Gasteiger partial charge on any atom is 0.227 e. The van der Waals surface area contributed by atoms with Crippen molar-refractivity contribution in [3.05, 3.63) is 69.7 Å². The molecular weight excluding hydrogens is 314 g/mol. The van der Waals surface area contributed by atoms with Gasteiger partial charge < -0.3 is 4.90 Å². The van der Waals surface area contributed by atoms with E-state index < -0.39 is 0 Å². The highest BCUT2D eigenvalue weighted by Gasteiger charge is 2.11. The first-order valence-corrected chi connectivity index (χ1v) is 7.38. The van der Waals surface area contributed by atoms with Gasteiger partial charge in [-0.25, -0.2) is 0 Å². The number of hydrogen-bond acceptors (Lipinski definition) is 1. The van der Waals surface area contributed by atoms with E-state index in [0.29, 0.717) is 13.0 Å². The van der Waals surface area contributed by atoms with Crippen molar-refractivity contribution in [3.8, 4) is 0 Å². The van der Waals surface area contributed by atoms with Gasteiger partial charge in [0.05, 0.1) is 6.42 Å². The first-order valence-electron chi connectivity index (χ1n) is 6.59. The van der Waals surface area contributed by atoms with Crippen LogP contribution in [0.25, 0.3) is 0 Å². The van der Waals surface area contributed by atoms with Crippen molar-refractivity contribution in [1.29, 1.82) is 0 Å². The van der Waals surface area contributed by atoms with E-state index in [9.17, 15) is 4.79 Å². The maximum absolute atomic E-state index is 12.2. The molecule has 2 aromatic rings. The summed E-state index contributed by atoms with van der Waals surface area (Å²) in [6, 6.07) is 16.1. The van der Waals surface area contributed by atoms with Crippen molar-refractivity contribution >= 4 is 21.8 Å². The Morgan fingerprint density at radius 2 is 1.75 bits per heavy atom. The number of hydrogen-bond donors (Lipinski definition) is 0. The lowest BCUT2D eigenvalue weighted by Crippen LogP contribution is -2.27. The van der Waals surface area contributed by atoms with E-state index in [1.165, 1.54) is 5.56 Å². The topological polar surface area (TPSA) is 20.3 Å². The van der Waals surface area contributed by atoms with Crippen LogP contribution in [0.2, 0.25) is 0 Å². The molecule has 0 bridgehead atoms. The summed E-state index contributed by atoms with van der Waals surface area (Å²) in [6.07, 6.45) is 0.446. The van der Waals surface area contributed by atoms with Crippen LogP contribution in [0.15, 0.2) is 53.0 Å². The average molecular weight is 332 g/mol. The number of carbonyl (C=O) groups excluding carboxylic acids is 1. The van der Waals surface area contributed by atoms with Crippen molar-refractivity contribution in [2.75, 3.05) is 7.05 Å². The predicted molar refractivity (Wildman–Crippen MR) is 85.5 cm³/mol. The van der Waals surface area contributed by atoms with E-state index >= 15 is 0 Å². The predicted octanol–water partition coefficient (Wildman–Crippen LogP) is 3.96. The van der Waals surface area contributed by atoms with Crippen LogP contribution in [0.4, 0.5) is 0 Å². The Bertz CT molecular complexity index is 592. The molecule has 104 valence electrons. The average Bonchev–Trinajstić information content (AvgIpc) is 2.44. The molecule has 0 unspecified atom stereocenters. The molecule has 0 saturated carbocycles. The molecule has 0 aliphatic rings. The zero-order valence-corrected chi connectivity index (χ0v) is 13.4. The van der Waals surface area contributed by atoms with Crippen LogP contribution in [0.3, 0.4) is 0 Å². The largest absolute Gasteiger partial charge is 0.341 e. The van der Waals surface area contributed by atoms with Crippen LogP contribution < -0.4 is 0 Å². The van der Waals surface area contributed by atoms with Crippen molar-refractivity contribution in [2.45, 2.75) is 19.9 Å². The minimum atomic E-state index is 0.129. The van der Waals surface area contributed by atoms with E-state index in [0.717, 1.165) is 15.6 Å². The Morgan fingerprint density at radius 3 is 2.40 bits per heavy atom. The fraction of sp³-hybridized carbons (Fsp3) is 0.235. The van der Waals surface area contributed by atoms with Gasteiger partial charge in [0.25, 0.3) is 0 Å². The summed E-state index contributed by atoms with van der Waals surface area (Å²) in [5.74, 6) is 0.129. The molecular formula is C17H18BrNO. The molecule has 0 atom stereocenters. The van der Waals surface area contributed by atoms with Gasteiger partial charge in [-0.1, -0.05) is 64.0 Å². The fourth-order valence-electron chi connectivity index (χ4n) is 1.99. The molecule has 0 N–H and O–H groups in total. The summed E-state index contributed by atoms with van der Waals surface area (Å²) in [4.78, 5) is 14.0. The van der Waals surface area contributed by atoms with Crippen LogP contribution in [-0.4, -0.2) is 17.9 Å². The molecule has 0 radical (unpaired) electrons. The highest BCUT2D eigenvalue weighted by atomic mass is 79.9. The summed E-state index contributed by atoms with van der Waals surface area (Å²) in [5.41, 5.74) is 3.38. The monoisotopic (exact) mass is 331 g/mol. The molecule has 20 heavy (non-hydrogen) atoms. The Kier molecular flexibility index (Phi) is 4.96. The van der Waals surface area contributed by atoms with E-state index in [2.05, 4.69) is 15.9 Å². The van der Waals surface area contributed by atoms with Crippen LogP contribution >= 0.6 is 15.9 Å². The van der Waals surface area contributed by atoms with Gasteiger partial charge in [0, 0.05) is 18.1 Å². The number of halogens is 1. The van der Waals surface area contributed by atoms with Gasteiger partial charge >= 0.3 is 0 Å². The Morgan fingerprint density at radius 1 is 1.10 bits per heavy atom. The van der Waals surface area contributed by atoms with Gasteiger partial charge in [0.1, 0.15) is 0 Å². The SMILES string of the molecule is Cc1ccc(CC(=O)N(C)Cc2ccccc2Br)cc1. The zero-order chi connectivity index (χ0) is 14.5. The molecule has 0 heterocycles. The first kappa shape index (κ1) is 14.8. The van der Waals surface area contributed by atoms with E-state index in [1.807, 2.05) is 62.5 Å². The molecule has 0 aliphatic heterocycles. The van der Waals surface area contributed by atoms with E-state index in [-0.39, 0.29) is 5.91 Å². The van der Waals surface area contributed by atoms with E-state index in [1.54, 1.807) is 4.90 Å². The Balaban J connectivity index is 1.99. The van der Waals surface area contributed by atoms with E-state index in [4.69, 9.17) is 0 Å². The van der Waals surface area contributed by atoms with Crippen LogP contribution in [0, 0.1) is 6.92 Å². The molecule has 0 saturated heterocycles. The van der Waals surface area contributed by atoms with Crippen LogP contribution in [-0.2, 0) is 17.8 Å². The van der Waals surface area contributed by atoms with Gasteiger partial charge in [-0.15, -0.1) is 0 Å². The van der Waals surface area contributed by atoms with Gasteiger partial charge in [-0.05, 0) is 24.1 Å². The summed E-state index contributed by atoms with van der Waals surface area (Å²) < 4.78 is 1.04. The van der Waals surface area contributed by atoms with Crippen LogP contribution in [0.1, 0.15) is 16.7 Å². The third-order valence-corrected chi connectivity index (χ3v) is 4.04. The molecule has 1 amide bonds. The van der Waals surface area contributed by atoms with Crippen molar-refractivity contribution in [2.24, 2.45) is 0 Å². The molecule has 0 aliphatic carbocycles. The van der Waals surface area contributed by atoms with Crippen LogP contribution in [0.5, 0.6) is 0 Å². The summed E-state index contributed by atoms with van der Waals surface area (Å²) in [6.45, 7) is 2.66. The third kappa shape index (κ3) is 3.94. The first-order chi connectivity index (χ1) is 9.56. The second kappa shape index (κ2) is 6.71. The molecule has 2 aromatic carbocycles. The van der Waals surface area contributed by atoms with Gasteiger partial charge in [-0.3, -0.25) is 4.79 Å². The molecule has 0 fully saturated rings. The zero-order valence-electron chi connectivity index (χ0n) is 11.8. The Hall–Kier alpha value is -1.61. The van der Waals surface area contributed by atoms with Gasteiger partial charge in [-0.2, -0.15) is 0 Å². The van der Waals surface area contributed by atoms with Crippen molar-refractivity contribution < 1.29 is 4.79 Å². The highest BCUT2D eigenvalue weighted by molar-refractivity contribution is 9.10. The number of aryl methyl sites for hydroxylation is 1. The normalized spacial score (nSPS) is 10.3. The lowest BCUT2D eigenvalue weighted by atomic mass is 10.1. The molecule has 3 heteroatoms. The number of amides is 1. The number of likely N-dealkylation sites (N-methyl/N-ethyl adjacent to an activating group) is 1. The Labute approximate surface area is 128 Å². The molecule has 2 rings (SSSR count). The number of benzene rings is 2. The second-order valence-electron chi connectivity index (χ2n) is 5.00. The van der Waals surface area contributed by atoms with Crippen molar-refractivity contribution in [1.82, 2.24) is 4.90 Å². The minimum Gasteiger partial charge on any atom is -0.341 e. The molecule has 0 aromatic heterocycles. The van der Waals surface area contributed by atoms with Gasteiger partial charge in [0.15, 0.2) is 0 Å². The standard InChI is InChI=1S/C17H18BrNO/c1-13-7-9-14(10-8-13)11-17(20)19(2)12-15-5-3-4-6-16(15)18/h3-10H,11-12H2,1-2H3. The quantitative estimate of drug-likeness (QED) is 0.830. The summed E-state index contributed by atoms with van der Waals surface area (Å²) >= 11 is 3.51. The lowest BCUT2D eigenvalue weighted by Gasteiger charge is -2.18. The van der Waals surface area contributed by atoms with Gasteiger partial charge in [0.2, 0.25) is 5.91 Å². The lowest BCUT2D eigenvalue weighted by molar-refractivity contribution is -0.129. The summed E-state index contributed by atoms with van der Waals surface area (Å²) in [5, 5.41) is 0. The van der Waals surface area contributed by atoms with Crippen molar-refractivity contribution in [3.63, 3.8) is 0 Å². The highest BCUT2D eigenvalue weighted by Crippen LogP contribution is 2.17. The molecule has 0 spiro atoms. The number of rotatable bonds is 4. The summed E-state index contributed by atoms with van der Waals surface area (Å²) in [7, 11) is 1.84. The molecule has 2 nitrogen and oxygen atoms in total. The maximum atomic E-state index is 12.2. The third-order valence-electron chi connectivity index (χ3n) is 3.27. The number of nitrogens with zero attached hydrogens (tertiary/aromatic N) is 1. The fourth-order valence-corrected chi connectivity index (χ4v) is 2.40. The smallest absolute Gasteiger partial charge is 0.227 e.